The van der Waals surface area contributed by atoms with Crippen LogP contribution in [0, 0.1) is 0 Å². The number of carbonyl (C=O) groups is 2. The van der Waals surface area contributed by atoms with Crippen molar-refractivity contribution in [3.63, 3.8) is 0 Å². The number of rotatable bonds is 7. The highest BCUT2D eigenvalue weighted by Crippen LogP contribution is 2.22. The number of hydrogen-bond donors (Lipinski definition) is 1. The van der Waals surface area contributed by atoms with E-state index in [0.717, 1.165) is 25.1 Å². The lowest BCUT2D eigenvalue weighted by Crippen LogP contribution is -2.51. The quantitative estimate of drug-likeness (QED) is 0.746. The first kappa shape index (κ1) is 23.0. The van der Waals surface area contributed by atoms with E-state index in [4.69, 9.17) is 0 Å². The van der Waals surface area contributed by atoms with Crippen LogP contribution in [0.15, 0.2) is 54.6 Å². The van der Waals surface area contributed by atoms with Gasteiger partial charge >= 0.3 is 0 Å². The minimum absolute atomic E-state index is 0.0299. The molecule has 1 fully saturated rings. The molecule has 2 aromatic rings. The third kappa shape index (κ3) is 7.21. The zero-order valence-electron chi connectivity index (χ0n) is 19.1. The number of aryl methyl sites for hydroxylation is 1. The molecule has 1 saturated heterocycles. The zero-order valence-corrected chi connectivity index (χ0v) is 19.1. The number of carbonyl (C=O) groups excluding carboxylic acids is 2. The second kappa shape index (κ2) is 10.6. The van der Waals surface area contributed by atoms with Crippen LogP contribution in [0.4, 0.5) is 0 Å². The lowest BCUT2D eigenvalue weighted by Gasteiger charge is -2.34. The van der Waals surface area contributed by atoms with Gasteiger partial charge in [0.05, 0.1) is 6.54 Å². The van der Waals surface area contributed by atoms with Crippen LogP contribution in [0.1, 0.15) is 43.9 Å². The van der Waals surface area contributed by atoms with Gasteiger partial charge in [0.2, 0.25) is 11.8 Å². The van der Waals surface area contributed by atoms with Crippen LogP contribution < -0.4 is 5.32 Å². The smallest absolute Gasteiger partial charge is 0.234 e. The Morgan fingerprint density at radius 1 is 0.871 bits per heavy atom. The molecule has 1 aliphatic rings. The van der Waals surface area contributed by atoms with Gasteiger partial charge in [-0.3, -0.25) is 14.5 Å². The summed E-state index contributed by atoms with van der Waals surface area (Å²) < 4.78 is 0. The lowest BCUT2D eigenvalue weighted by molar-refractivity contribution is -0.133. The number of benzene rings is 2. The Bertz CT molecular complexity index is 848. The molecule has 166 valence electrons. The lowest BCUT2D eigenvalue weighted by atomic mass is 9.86. The molecule has 0 saturated carbocycles. The van der Waals surface area contributed by atoms with E-state index in [-0.39, 0.29) is 17.2 Å². The minimum Gasteiger partial charge on any atom is -0.351 e. The molecule has 0 aliphatic carbocycles. The number of hydrogen-bond acceptors (Lipinski definition) is 3. The van der Waals surface area contributed by atoms with Crippen LogP contribution in [0.25, 0.3) is 0 Å². The second-order valence-corrected chi connectivity index (χ2v) is 9.37. The van der Waals surface area contributed by atoms with Crippen molar-refractivity contribution in [1.29, 1.82) is 0 Å². The Kier molecular flexibility index (Phi) is 7.85. The van der Waals surface area contributed by atoms with E-state index in [2.05, 4.69) is 55.3 Å². The third-order valence-electron chi connectivity index (χ3n) is 5.87. The topological polar surface area (TPSA) is 52.7 Å². The van der Waals surface area contributed by atoms with Crippen LogP contribution in [0.3, 0.4) is 0 Å². The van der Waals surface area contributed by atoms with Crippen LogP contribution in [-0.4, -0.2) is 54.3 Å². The highest BCUT2D eigenvalue weighted by atomic mass is 16.2. The van der Waals surface area contributed by atoms with Gasteiger partial charge in [-0.15, -0.1) is 0 Å². The maximum atomic E-state index is 12.6. The number of amides is 2. The average Bonchev–Trinajstić information content (AvgIpc) is 2.77. The highest BCUT2D eigenvalue weighted by Gasteiger charge is 2.22. The van der Waals surface area contributed by atoms with Crippen molar-refractivity contribution in [1.82, 2.24) is 15.1 Å². The Balaban J connectivity index is 1.36. The van der Waals surface area contributed by atoms with Gasteiger partial charge in [-0.2, -0.15) is 0 Å². The Hall–Kier alpha value is -2.66. The Morgan fingerprint density at radius 3 is 2.13 bits per heavy atom. The van der Waals surface area contributed by atoms with Crippen molar-refractivity contribution in [3.8, 4) is 0 Å². The van der Waals surface area contributed by atoms with Crippen molar-refractivity contribution in [3.05, 3.63) is 71.3 Å². The van der Waals surface area contributed by atoms with E-state index < -0.39 is 0 Å². The molecule has 1 heterocycles. The van der Waals surface area contributed by atoms with Crippen molar-refractivity contribution < 1.29 is 9.59 Å². The molecule has 3 rings (SSSR count). The van der Waals surface area contributed by atoms with E-state index in [1.54, 1.807) is 0 Å². The molecule has 2 amide bonds. The van der Waals surface area contributed by atoms with Crippen molar-refractivity contribution >= 4 is 11.8 Å². The maximum absolute atomic E-state index is 12.6. The van der Waals surface area contributed by atoms with Crippen molar-refractivity contribution in [2.75, 3.05) is 32.7 Å². The zero-order chi connectivity index (χ0) is 22.3. The molecule has 5 nitrogen and oxygen atoms in total. The SMILES string of the molecule is CC(C)(C)c1ccc(CCC(=O)N2CCN(CC(=O)NCc3ccccc3)CC2)cc1. The fourth-order valence-corrected chi connectivity index (χ4v) is 3.79. The third-order valence-corrected chi connectivity index (χ3v) is 5.87. The summed E-state index contributed by atoms with van der Waals surface area (Å²) in [5, 5.41) is 2.97. The van der Waals surface area contributed by atoms with E-state index in [9.17, 15) is 9.59 Å². The molecule has 1 N–H and O–H groups in total. The summed E-state index contributed by atoms with van der Waals surface area (Å²) in [5.74, 6) is 0.232. The predicted molar refractivity (Wildman–Crippen MR) is 125 cm³/mol. The highest BCUT2D eigenvalue weighted by molar-refractivity contribution is 5.78. The van der Waals surface area contributed by atoms with Gasteiger partial charge in [0.15, 0.2) is 0 Å². The van der Waals surface area contributed by atoms with Gasteiger partial charge in [0.25, 0.3) is 0 Å². The molecule has 31 heavy (non-hydrogen) atoms. The van der Waals surface area contributed by atoms with Crippen LogP contribution in [-0.2, 0) is 28.0 Å². The van der Waals surface area contributed by atoms with Crippen LogP contribution in [0.2, 0.25) is 0 Å². The Morgan fingerprint density at radius 2 is 1.52 bits per heavy atom. The molecule has 1 aliphatic heterocycles. The van der Waals surface area contributed by atoms with Gasteiger partial charge in [0.1, 0.15) is 0 Å². The molecule has 5 heteroatoms. The monoisotopic (exact) mass is 421 g/mol. The average molecular weight is 422 g/mol. The first-order valence-corrected chi connectivity index (χ1v) is 11.2. The summed E-state index contributed by atoms with van der Waals surface area (Å²) in [6, 6.07) is 18.5. The van der Waals surface area contributed by atoms with Gasteiger partial charge in [-0.25, -0.2) is 0 Å². The van der Waals surface area contributed by atoms with Crippen molar-refractivity contribution in [2.24, 2.45) is 0 Å². The molecule has 2 aromatic carbocycles. The van der Waals surface area contributed by atoms with E-state index in [1.165, 1.54) is 11.1 Å². The fourth-order valence-electron chi connectivity index (χ4n) is 3.79. The minimum atomic E-state index is 0.0299. The maximum Gasteiger partial charge on any atom is 0.234 e. The van der Waals surface area contributed by atoms with E-state index in [1.807, 2.05) is 35.2 Å². The molecular weight excluding hydrogens is 386 g/mol. The second-order valence-electron chi connectivity index (χ2n) is 9.37. The molecule has 0 radical (unpaired) electrons. The molecule has 0 spiro atoms. The number of nitrogens with one attached hydrogen (secondary N) is 1. The molecule has 0 aromatic heterocycles. The summed E-state index contributed by atoms with van der Waals surface area (Å²) in [7, 11) is 0. The molecule has 0 unspecified atom stereocenters. The van der Waals surface area contributed by atoms with Crippen LogP contribution >= 0.6 is 0 Å². The largest absolute Gasteiger partial charge is 0.351 e. The first-order valence-electron chi connectivity index (χ1n) is 11.2. The number of piperazine rings is 1. The summed E-state index contributed by atoms with van der Waals surface area (Å²) in [5.41, 5.74) is 3.76. The predicted octanol–water partition coefficient (Wildman–Crippen LogP) is 3.38. The van der Waals surface area contributed by atoms with Gasteiger partial charge < -0.3 is 10.2 Å². The summed E-state index contributed by atoms with van der Waals surface area (Å²) in [6.45, 7) is 10.4. The van der Waals surface area contributed by atoms with Gasteiger partial charge in [0, 0.05) is 39.1 Å². The van der Waals surface area contributed by atoms with E-state index >= 15 is 0 Å². The van der Waals surface area contributed by atoms with Crippen LogP contribution in [0.5, 0.6) is 0 Å². The fraction of sp³-hybridized carbons (Fsp3) is 0.462. The summed E-state index contributed by atoms with van der Waals surface area (Å²) >= 11 is 0. The standard InChI is InChI=1S/C26H35N3O2/c1-26(2,3)23-12-9-21(10-13-23)11-14-25(31)29-17-15-28(16-18-29)20-24(30)27-19-22-7-5-4-6-8-22/h4-10,12-13H,11,14-20H2,1-3H3,(H,27,30). The van der Waals surface area contributed by atoms with Crippen molar-refractivity contribution in [2.45, 2.75) is 45.6 Å². The summed E-state index contributed by atoms with van der Waals surface area (Å²) in [4.78, 5) is 28.9. The first-order chi connectivity index (χ1) is 14.8. The Labute approximate surface area is 186 Å². The molecular formula is C26H35N3O2. The number of nitrogens with zero attached hydrogens (tertiary/aromatic N) is 2. The van der Waals surface area contributed by atoms with Gasteiger partial charge in [-0.1, -0.05) is 75.4 Å². The normalized spacial score (nSPS) is 15.0. The van der Waals surface area contributed by atoms with E-state index in [0.29, 0.717) is 32.6 Å². The molecule has 0 atom stereocenters. The summed E-state index contributed by atoms with van der Waals surface area (Å²) in [6.07, 6.45) is 1.30. The van der Waals surface area contributed by atoms with Gasteiger partial charge in [-0.05, 0) is 28.5 Å². The molecule has 0 bridgehead atoms.